The highest BCUT2D eigenvalue weighted by Gasteiger charge is 2.62. The molecule has 8 heteroatoms. The van der Waals surface area contributed by atoms with Gasteiger partial charge in [0.05, 0.1) is 0 Å². The van der Waals surface area contributed by atoms with Gasteiger partial charge in [-0.3, -0.25) is 19.5 Å². The molecule has 2 rings (SSSR count). The van der Waals surface area contributed by atoms with Crippen molar-refractivity contribution in [3.8, 4) is 0 Å². The van der Waals surface area contributed by atoms with Crippen molar-refractivity contribution in [3.63, 3.8) is 0 Å². The van der Waals surface area contributed by atoms with Crippen molar-refractivity contribution in [1.82, 2.24) is 14.7 Å². The zero-order valence-corrected chi connectivity index (χ0v) is 9.92. The van der Waals surface area contributed by atoms with Gasteiger partial charge in [0.25, 0.3) is 11.6 Å². The first-order valence-electron chi connectivity index (χ1n) is 4.86. The summed E-state index contributed by atoms with van der Waals surface area (Å²) in [6.45, 7) is 0. The Balaban J connectivity index is 2.63. The van der Waals surface area contributed by atoms with Gasteiger partial charge in [-0.25, -0.2) is 9.59 Å². The van der Waals surface area contributed by atoms with E-state index in [0.717, 1.165) is 14.7 Å². The Morgan fingerprint density at radius 2 is 1.71 bits per heavy atom. The van der Waals surface area contributed by atoms with Gasteiger partial charge in [-0.1, -0.05) is 0 Å². The minimum absolute atomic E-state index is 0.000556. The summed E-state index contributed by atoms with van der Waals surface area (Å²) >= 11 is 0. The lowest BCUT2D eigenvalue weighted by molar-refractivity contribution is -0.157. The molecule has 0 bridgehead atoms. The van der Waals surface area contributed by atoms with E-state index in [2.05, 4.69) is 4.99 Å². The van der Waals surface area contributed by atoms with Crippen LogP contribution in [0.3, 0.4) is 0 Å². The molecule has 8 nitrogen and oxygen atoms in total. The summed E-state index contributed by atoms with van der Waals surface area (Å²) in [4.78, 5) is 42.2. The molecule has 0 aliphatic carbocycles. The van der Waals surface area contributed by atoms with Crippen LogP contribution in [0.1, 0.15) is 0 Å². The summed E-state index contributed by atoms with van der Waals surface area (Å²) in [5.41, 5.74) is -1.63. The third kappa shape index (κ3) is 1.10. The summed E-state index contributed by atoms with van der Waals surface area (Å²) in [6, 6.07) is -1.17. The second-order valence-electron chi connectivity index (χ2n) is 3.83. The molecule has 0 spiro atoms. The number of fused-ring (bicyclic) bond motifs is 1. The number of amidine groups is 1. The second-order valence-corrected chi connectivity index (χ2v) is 3.83. The van der Waals surface area contributed by atoms with E-state index in [9.17, 15) is 14.4 Å². The van der Waals surface area contributed by atoms with Crippen molar-refractivity contribution in [3.05, 3.63) is 0 Å². The summed E-state index contributed by atoms with van der Waals surface area (Å²) in [7, 11) is 5.46. The van der Waals surface area contributed by atoms with Gasteiger partial charge in [-0.15, -0.1) is 0 Å². The van der Waals surface area contributed by atoms with Gasteiger partial charge in [-0.05, 0) is 0 Å². The van der Waals surface area contributed by atoms with Crippen LogP contribution in [0.4, 0.5) is 9.59 Å². The zero-order valence-electron chi connectivity index (χ0n) is 9.92. The van der Waals surface area contributed by atoms with Crippen LogP contribution >= 0.6 is 0 Å². The largest absolute Gasteiger partial charge is 0.348 e. The van der Waals surface area contributed by atoms with Crippen molar-refractivity contribution in [1.29, 1.82) is 0 Å². The molecule has 0 aromatic carbocycles. The van der Waals surface area contributed by atoms with E-state index in [0.29, 0.717) is 0 Å². The maximum Gasteiger partial charge on any atom is 0.348 e. The molecule has 2 heterocycles. The number of amides is 5. The van der Waals surface area contributed by atoms with E-state index in [1.165, 1.54) is 28.3 Å². The number of carbonyl (C=O) groups excluding carboxylic acids is 3. The van der Waals surface area contributed by atoms with E-state index in [4.69, 9.17) is 4.74 Å². The lowest BCUT2D eigenvalue weighted by atomic mass is 10.1. The number of likely N-dealkylation sites (N-methyl/N-ethyl adjacent to an activating group) is 3. The monoisotopic (exact) mass is 240 g/mol. The summed E-state index contributed by atoms with van der Waals surface area (Å²) in [5, 5.41) is 0. The average Bonchev–Trinajstić information content (AvgIpc) is 2.58. The van der Waals surface area contributed by atoms with E-state index in [-0.39, 0.29) is 5.84 Å². The van der Waals surface area contributed by atoms with E-state index in [1.54, 1.807) is 0 Å². The smallest absolute Gasteiger partial charge is 0.344 e. The van der Waals surface area contributed by atoms with Gasteiger partial charge in [0, 0.05) is 28.3 Å². The van der Waals surface area contributed by atoms with Crippen LogP contribution < -0.4 is 0 Å². The Morgan fingerprint density at radius 3 is 2.24 bits per heavy atom. The van der Waals surface area contributed by atoms with Crippen molar-refractivity contribution in [2.24, 2.45) is 4.99 Å². The highest BCUT2D eigenvalue weighted by Crippen LogP contribution is 2.31. The quantitative estimate of drug-likeness (QED) is 0.607. The Morgan fingerprint density at radius 1 is 1.12 bits per heavy atom. The van der Waals surface area contributed by atoms with Crippen LogP contribution in [0.25, 0.3) is 0 Å². The van der Waals surface area contributed by atoms with Gasteiger partial charge < -0.3 is 4.74 Å². The summed E-state index contributed by atoms with van der Waals surface area (Å²) in [5.74, 6) is -0.629. The van der Waals surface area contributed by atoms with Crippen LogP contribution in [-0.4, -0.2) is 72.5 Å². The molecule has 0 N–H and O–H groups in total. The number of imide groups is 1. The number of aliphatic imine (C=N–C) groups is 1. The third-order valence-corrected chi connectivity index (χ3v) is 3.05. The number of rotatable bonds is 1. The molecule has 17 heavy (non-hydrogen) atoms. The first kappa shape index (κ1) is 11.5. The maximum atomic E-state index is 12.2. The van der Waals surface area contributed by atoms with E-state index < -0.39 is 23.7 Å². The van der Waals surface area contributed by atoms with Crippen LogP contribution in [0, 0.1) is 0 Å². The fourth-order valence-corrected chi connectivity index (χ4v) is 2.01. The second kappa shape index (κ2) is 3.27. The van der Waals surface area contributed by atoms with Crippen molar-refractivity contribution in [2.45, 2.75) is 5.72 Å². The molecular weight excluding hydrogens is 228 g/mol. The average molecular weight is 240 g/mol. The van der Waals surface area contributed by atoms with Gasteiger partial charge >= 0.3 is 12.1 Å². The normalized spacial score (nSPS) is 28.8. The zero-order chi connectivity index (χ0) is 13.0. The van der Waals surface area contributed by atoms with Crippen LogP contribution in [0.15, 0.2) is 4.99 Å². The Hall–Kier alpha value is -1.96. The number of ether oxygens (including phenoxy) is 1. The number of methoxy groups -OCH3 is 1. The van der Waals surface area contributed by atoms with Crippen LogP contribution in [0.5, 0.6) is 0 Å². The standard InChI is InChI=1S/C9H12N4O4/c1-11-5-9(17-4,13(3)7(15)10-5)6(14)12(2)8(11)16/h1-4H3. The molecule has 5 amide bonds. The highest BCUT2D eigenvalue weighted by molar-refractivity contribution is 6.27. The lowest BCUT2D eigenvalue weighted by Crippen LogP contribution is -2.71. The molecule has 92 valence electrons. The SMILES string of the molecule is COC12C(=O)N(C)C(=O)N(C)C1=NC(=O)N2C. The van der Waals surface area contributed by atoms with Crippen molar-refractivity contribution >= 4 is 23.8 Å². The van der Waals surface area contributed by atoms with Gasteiger partial charge in [0.15, 0.2) is 5.84 Å². The number of nitrogens with zero attached hydrogens (tertiary/aromatic N) is 4. The molecule has 1 unspecified atom stereocenters. The first-order valence-corrected chi connectivity index (χ1v) is 4.86. The molecule has 2 aliphatic rings. The molecule has 0 aromatic rings. The van der Waals surface area contributed by atoms with E-state index >= 15 is 0 Å². The van der Waals surface area contributed by atoms with Gasteiger partial charge in [0.1, 0.15) is 0 Å². The summed E-state index contributed by atoms with van der Waals surface area (Å²) in [6.07, 6.45) is 0. The molecule has 1 saturated heterocycles. The number of hydrogen-bond acceptors (Lipinski definition) is 4. The highest BCUT2D eigenvalue weighted by atomic mass is 16.5. The van der Waals surface area contributed by atoms with Crippen molar-refractivity contribution < 1.29 is 19.1 Å². The maximum absolute atomic E-state index is 12.2. The van der Waals surface area contributed by atoms with Gasteiger partial charge in [0.2, 0.25) is 0 Å². The predicted octanol–water partition coefficient (Wildman–Crippen LogP) is -0.683. The van der Waals surface area contributed by atoms with Crippen LogP contribution in [0.2, 0.25) is 0 Å². The third-order valence-electron chi connectivity index (χ3n) is 3.05. The molecule has 0 aromatic heterocycles. The number of carbonyl (C=O) groups is 3. The molecular formula is C9H12N4O4. The Bertz CT molecular complexity index is 460. The molecule has 2 aliphatic heterocycles. The summed E-state index contributed by atoms with van der Waals surface area (Å²) < 4.78 is 5.18. The Labute approximate surface area is 97.4 Å². The molecule has 1 fully saturated rings. The molecule has 0 radical (unpaired) electrons. The number of urea groups is 2. The first-order chi connectivity index (χ1) is 7.87. The predicted molar refractivity (Wildman–Crippen MR) is 56.3 cm³/mol. The van der Waals surface area contributed by atoms with E-state index in [1.807, 2.05) is 0 Å². The molecule has 1 atom stereocenters. The lowest BCUT2D eigenvalue weighted by Gasteiger charge is -2.42. The Kier molecular flexibility index (Phi) is 2.21. The van der Waals surface area contributed by atoms with Crippen LogP contribution in [-0.2, 0) is 9.53 Å². The minimum Gasteiger partial charge on any atom is -0.344 e. The van der Waals surface area contributed by atoms with Crippen molar-refractivity contribution in [2.75, 3.05) is 28.3 Å². The number of hydrogen-bond donors (Lipinski definition) is 0. The molecule has 0 saturated carbocycles. The van der Waals surface area contributed by atoms with Gasteiger partial charge in [-0.2, -0.15) is 4.99 Å². The minimum atomic E-state index is -1.63. The fourth-order valence-electron chi connectivity index (χ4n) is 2.01. The fraction of sp³-hybridized carbons (Fsp3) is 0.556. The topological polar surface area (TPSA) is 82.5 Å².